The summed E-state index contributed by atoms with van der Waals surface area (Å²) in [6.45, 7) is 7.22. The maximum Gasteiger partial charge on any atom is 0.223 e. The van der Waals surface area contributed by atoms with Crippen LogP contribution in [-0.2, 0) is 16.6 Å². The van der Waals surface area contributed by atoms with Gasteiger partial charge in [-0.1, -0.05) is 20.8 Å². The Labute approximate surface area is 107 Å². The molecule has 0 aliphatic heterocycles. The summed E-state index contributed by atoms with van der Waals surface area (Å²) >= 11 is 1.71. The molecule has 1 N–H and O–H groups in total. The lowest BCUT2D eigenvalue weighted by atomic mass is 9.98. The average molecular weight is 252 g/mol. The number of thiazole rings is 1. The van der Waals surface area contributed by atoms with Gasteiger partial charge in [0.2, 0.25) is 5.91 Å². The molecular weight excluding hydrogens is 232 g/mol. The highest BCUT2D eigenvalue weighted by Crippen LogP contribution is 2.28. The van der Waals surface area contributed by atoms with E-state index in [1.807, 2.05) is 0 Å². The first-order chi connectivity index (χ1) is 7.97. The molecule has 94 valence electrons. The van der Waals surface area contributed by atoms with Gasteiger partial charge in [0, 0.05) is 29.7 Å². The monoisotopic (exact) mass is 252 g/mol. The first-order valence-electron chi connectivity index (χ1n) is 6.19. The highest BCUT2D eigenvalue weighted by atomic mass is 32.1. The summed E-state index contributed by atoms with van der Waals surface area (Å²) in [6, 6.07) is 0. The number of nitrogens with one attached hydrogen (secondary N) is 1. The van der Waals surface area contributed by atoms with Crippen LogP contribution >= 0.6 is 11.3 Å². The Morgan fingerprint density at radius 1 is 1.53 bits per heavy atom. The number of aromatic nitrogens is 1. The van der Waals surface area contributed by atoms with Gasteiger partial charge in [0.25, 0.3) is 0 Å². The molecule has 0 unspecified atom stereocenters. The predicted octanol–water partition coefficient (Wildman–Crippen LogP) is 2.51. The molecule has 1 fully saturated rings. The Bertz CT molecular complexity index is 402. The van der Waals surface area contributed by atoms with Gasteiger partial charge >= 0.3 is 0 Å². The number of carbonyl (C=O) groups excluding carboxylic acids is 1. The lowest BCUT2D eigenvalue weighted by Gasteiger charge is -2.13. The van der Waals surface area contributed by atoms with E-state index in [1.54, 1.807) is 11.3 Å². The summed E-state index contributed by atoms with van der Waals surface area (Å²) in [6.07, 6.45) is 2.97. The number of nitrogens with zero attached hydrogens (tertiary/aromatic N) is 1. The van der Waals surface area contributed by atoms with Crippen molar-refractivity contribution in [1.82, 2.24) is 10.3 Å². The second-order valence-corrected chi connectivity index (χ2v) is 6.57. The number of amides is 1. The maximum atomic E-state index is 11.4. The lowest BCUT2D eigenvalue weighted by molar-refractivity contribution is -0.122. The minimum Gasteiger partial charge on any atom is -0.355 e. The van der Waals surface area contributed by atoms with Crippen LogP contribution in [0.15, 0.2) is 5.38 Å². The Balaban J connectivity index is 1.79. The highest BCUT2D eigenvalue weighted by Gasteiger charge is 2.29. The Hall–Kier alpha value is -0.900. The molecule has 1 aliphatic rings. The smallest absolute Gasteiger partial charge is 0.223 e. The fraction of sp³-hybridized carbons (Fsp3) is 0.692. The predicted molar refractivity (Wildman–Crippen MR) is 70.3 cm³/mol. The van der Waals surface area contributed by atoms with Crippen molar-refractivity contribution in [2.45, 2.75) is 45.4 Å². The van der Waals surface area contributed by atoms with Gasteiger partial charge in [-0.2, -0.15) is 0 Å². The van der Waals surface area contributed by atoms with E-state index < -0.39 is 0 Å². The van der Waals surface area contributed by atoms with Gasteiger partial charge in [-0.05, 0) is 12.8 Å². The van der Waals surface area contributed by atoms with Gasteiger partial charge in [-0.15, -0.1) is 11.3 Å². The Morgan fingerprint density at radius 3 is 2.76 bits per heavy atom. The van der Waals surface area contributed by atoms with Crippen molar-refractivity contribution >= 4 is 17.2 Å². The molecule has 3 nitrogen and oxygen atoms in total. The summed E-state index contributed by atoms with van der Waals surface area (Å²) in [4.78, 5) is 16.0. The van der Waals surface area contributed by atoms with E-state index in [0.29, 0.717) is 12.5 Å². The minimum atomic E-state index is 0.125. The molecule has 0 saturated heterocycles. The van der Waals surface area contributed by atoms with Crippen LogP contribution in [0.25, 0.3) is 0 Å². The standard InChI is InChI=1S/C13H20N2OS/c1-13(2,3)12-15-10(8-17-12)6-7-14-11(16)9-4-5-9/h8-9H,4-7H2,1-3H3,(H,14,16). The van der Waals surface area contributed by atoms with Crippen molar-refractivity contribution in [3.05, 3.63) is 16.1 Å². The summed E-state index contributed by atoms with van der Waals surface area (Å²) in [5.41, 5.74) is 1.22. The molecule has 0 bridgehead atoms. The highest BCUT2D eigenvalue weighted by molar-refractivity contribution is 7.09. The summed E-state index contributed by atoms with van der Waals surface area (Å²) in [5.74, 6) is 0.520. The third kappa shape index (κ3) is 3.53. The van der Waals surface area contributed by atoms with E-state index in [4.69, 9.17) is 0 Å². The normalized spacial score (nSPS) is 15.9. The van der Waals surface area contributed by atoms with Crippen molar-refractivity contribution in [3.63, 3.8) is 0 Å². The van der Waals surface area contributed by atoms with Crippen molar-refractivity contribution < 1.29 is 4.79 Å². The van der Waals surface area contributed by atoms with Gasteiger partial charge < -0.3 is 5.32 Å². The Morgan fingerprint density at radius 2 is 2.24 bits per heavy atom. The molecule has 0 aromatic carbocycles. The van der Waals surface area contributed by atoms with Crippen LogP contribution in [0, 0.1) is 5.92 Å². The molecule has 1 aromatic heterocycles. The molecule has 0 spiro atoms. The maximum absolute atomic E-state index is 11.4. The van der Waals surface area contributed by atoms with E-state index in [-0.39, 0.29) is 11.3 Å². The SMILES string of the molecule is CC(C)(C)c1nc(CCNC(=O)C2CC2)cs1. The van der Waals surface area contributed by atoms with Gasteiger partial charge in [0.05, 0.1) is 10.7 Å². The van der Waals surface area contributed by atoms with E-state index in [0.717, 1.165) is 25.0 Å². The van der Waals surface area contributed by atoms with Gasteiger partial charge in [-0.25, -0.2) is 4.98 Å². The first kappa shape index (κ1) is 12.6. The topological polar surface area (TPSA) is 42.0 Å². The average Bonchev–Trinajstić information content (AvgIpc) is 2.97. The summed E-state index contributed by atoms with van der Waals surface area (Å²) < 4.78 is 0. The summed E-state index contributed by atoms with van der Waals surface area (Å²) in [5, 5.41) is 6.24. The largest absolute Gasteiger partial charge is 0.355 e. The van der Waals surface area contributed by atoms with E-state index in [9.17, 15) is 4.79 Å². The molecule has 4 heteroatoms. The van der Waals surface area contributed by atoms with Crippen molar-refractivity contribution in [3.8, 4) is 0 Å². The van der Waals surface area contributed by atoms with Crippen LogP contribution in [0.4, 0.5) is 0 Å². The zero-order chi connectivity index (χ0) is 12.5. The van der Waals surface area contributed by atoms with Gasteiger partial charge in [0.1, 0.15) is 0 Å². The van der Waals surface area contributed by atoms with Crippen LogP contribution in [0.3, 0.4) is 0 Å². The van der Waals surface area contributed by atoms with Crippen molar-refractivity contribution in [1.29, 1.82) is 0 Å². The second kappa shape index (κ2) is 4.77. The fourth-order valence-electron chi connectivity index (χ4n) is 1.57. The fourth-order valence-corrected chi connectivity index (χ4v) is 2.51. The molecule has 1 heterocycles. The summed E-state index contributed by atoms with van der Waals surface area (Å²) in [7, 11) is 0. The minimum absolute atomic E-state index is 0.125. The molecule has 1 aliphatic carbocycles. The second-order valence-electron chi connectivity index (χ2n) is 5.71. The van der Waals surface area contributed by atoms with E-state index in [1.165, 1.54) is 5.01 Å². The third-order valence-corrected chi connectivity index (χ3v) is 4.14. The van der Waals surface area contributed by atoms with Gasteiger partial charge in [0.15, 0.2) is 0 Å². The molecule has 17 heavy (non-hydrogen) atoms. The molecule has 1 amide bonds. The van der Waals surface area contributed by atoms with Crippen LogP contribution in [0.1, 0.15) is 44.3 Å². The lowest BCUT2D eigenvalue weighted by Crippen LogP contribution is -2.27. The van der Waals surface area contributed by atoms with Crippen LogP contribution in [0.5, 0.6) is 0 Å². The third-order valence-electron chi connectivity index (χ3n) is 2.82. The number of hydrogen-bond donors (Lipinski definition) is 1. The Kier molecular flexibility index (Phi) is 3.52. The molecule has 1 saturated carbocycles. The van der Waals surface area contributed by atoms with E-state index in [2.05, 4.69) is 36.5 Å². The number of hydrogen-bond acceptors (Lipinski definition) is 3. The van der Waals surface area contributed by atoms with Gasteiger partial charge in [-0.3, -0.25) is 4.79 Å². The molecule has 1 aromatic rings. The zero-order valence-electron chi connectivity index (χ0n) is 10.7. The van der Waals surface area contributed by atoms with Crippen LogP contribution < -0.4 is 5.32 Å². The molecular formula is C13H20N2OS. The molecule has 2 rings (SSSR count). The molecule has 0 atom stereocenters. The first-order valence-corrected chi connectivity index (χ1v) is 7.07. The van der Waals surface area contributed by atoms with Crippen LogP contribution in [0.2, 0.25) is 0 Å². The molecule has 0 radical (unpaired) electrons. The van der Waals surface area contributed by atoms with Crippen molar-refractivity contribution in [2.75, 3.05) is 6.54 Å². The quantitative estimate of drug-likeness (QED) is 0.894. The number of rotatable bonds is 4. The van der Waals surface area contributed by atoms with Crippen molar-refractivity contribution in [2.24, 2.45) is 5.92 Å². The van der Waals surface area contributed by atoms with E-state index >= 15 is 0 Å². The zero-order valence-corrected chi connectivity index (χ0v) is 11.6. The van der Waals surface area contributed by atoms with Crippen LogP contribution in [-0.4, -0.2) is 17.4 Å². The number of carbonyl (C=O) groups is 1.